The van der Waals surface area contributed by atoms with Gasteiger partial charge in [-0.1, -0.05) is 29.8 Å². The number of hydrogen-bond donors (Lipinski definition) is 3. The van der Waals surface area contributed by atoms with Gasteiger partial charge in [-0.2, -0.15) is 0 Å². The molecule has 0 heterocycles. The molecule has 0 aliphatic rings. The number of hydrogen-bond acceptors (Lipinski definition) is 3. The Kier molecular flexibility index (Phi) is 4.23. The van der Waals surface area contributed by atoms with E-state index >= 15 is 0 Å². The van der Waals surface area contributed by atoms with Crippen molar-refractivity contribution in [3.63, 3.8) is 0 Å². The van der Waals surface area contributed by atoms with E-state index in [0.29, 0.717) is 5.69 Å². The fraction of sp³-hybridized carbons (Fsp3) is 0.125. The summed E-state index contributed by atoms with van der Waals surface area (Å²) in [6.07, 6.45) is 0.211. The SMILES string of the molecule is Cc1cccc(CC(=O)Nc2ccc(C(=O)O)c(O)c2)c1. The smallest absolute Gasteiger partial charge is 0.339 e. The lowest BCUT2D eigenvalue weighted by Crippen LogP contribution is -2.14. The van der Waals surface area contributed by atoms with Crippen molar-refractivity contribution >= 4 is 17.6 Å². The molecule has 2 aromatic rings. The lowest BCUT2D eigenvalue weighted by atomic mass is 10.1. The van der Waals surface area contributed by atoms with Gasteiger partial charge in [-0.05, 0) is 24.6 Å². The molecule has 0 saturated heterocycles. The van der Waals surface area contributed by atoms with Crippen molar-refractivity contribution in [2.45, 2.75) is 13.3 Å². The Bertz CT molecular complexity index is 694. The van der Waals surface area contributed by atoms with E-state index in [9.17, 15) is 14.7 Å². The molecule has 21 heavy (non-hydrogen) atoms. The van der Waals surface area contributed by atoms with Crippen molar-refractivity contribution in [3.8, 4) is 5.75 Å². The minimum atomic E-state index is -1.22. The van der Waals surface area contributed by atoms with Gasteiger partial charge in [-0.25, -0.2) is 4.79 Å². The van der Waals surface area contributed by atoms with Gasteiger partial charge in [0.25, 0.3) is 0 Å². The van der Waals surface area contributed by atoms with Gasteiger partial charge in [0, 0.05) is 11.8 Å². The summed E-state index contributed by atoms with van der Waals surface area (Å²) >= 11 is 0. The topological polar surface area (TPSA) is 86.6 Å². The van der Waals surface area contributed by atoms with Crippen molar-refractivity contribution in [2.24, 2.45) is 0 Å². The van der Waals surface area contributed by atoms with E-state index in [-0.39, 0.29) is 23.6 Å². The third-order valence-corrected chi connectivity index (χ3v) is 2.96. The van der Waals surface area contributed by atoms with E-state index in [4.69, 9.17) is 5.11 Å². The van der Waals surface area contributed by atoms with E-state index in [1.807, 2.05) is 31.2 Å². The third kappa shape index (κ3) is 3.82. The maximum atomic E-state index is 11.9. The first-order valence-corrected chi connectivity index (χ1v) is 6.37. The van der Waals surface area contributed by atoms with Gasteiger partial charge in [0.1, 0.15) is 11.3 Å². The maximum absolute atomic E-state index is 11.9. The largest absolute Gasteiger partial charge is 0.507 e. The van der Waals surface area contributed by atoms with Gasteiger partial charge >= 0.3 is 5.97 Å². The number of nitrogens with one attached hydrogen (secondary N) is 1. The second kappa shape index (κ2) is 6.09. The van der Waals surface area contributed by atoms with Crippen LogP contribution in [0.2, 0.25) is 0 Å². The molecule has 5 heteroatoms. The summed E-state index contributed by atoms with van der Waals surface area (Å²) in [5, 5.41) is 21.0. The molecule has 0 spiro atoms. The Morgan fingerprint density at radius 1 is 1.14 bits per heavy atom. The molecule has 2 aromatic carbocycles. The zero-order valence-corrected chi connectivity index (χ0v) is 11.5. The normalized spacial score (nSPS) is 10.1. The molecule has 108 valence electrons. The monoisotopic (exact) mass is 285 g/mol. The molecule has 5 nitrogen and oxygen atoms in total. The van der Waals surface area contributed by atoms with Crippen molar-refractivity contribution in [1.29, 1.82) is 0 Å². The summed E-state index contributed by atoms with van der Waals surface area (Å²) in [6.45, 7) is 1.95. The Morgan fingerprint density at radius 2 is 1.90 bits per heavy atom. The number of phenols is 1. The van der Waals surface area contributed by atoms with Crippen molar-refractivity contribution in [1.82, 2.24) is 0 Å². The van der Waals surface area contributed by atoms with Crippen LogP contribution in [0.5, 0.6) is 5.75 Å². The standard InChI is InChI=1S/C16H15NO4/c1-10-3-2-4-11(7-10)8-15(19)17-12-5-6-13(16(20)21)14(18)9-12/h2-7,9,18H,8H2,1H3,(H,17,19)(H,20,21). The minimum Gasteiger partial charge on any atom is -0.507 e. The van der Waals surface area contributed by atoms with E-state index < -0.39 is 5.97 Å². The minimum absolute atomic E-state index is 0.202. The van der Waals surface area contributed by atoms with Crippen LogP contribution in [0, 0.1) is 6.92 Å². The average Bonchev–Trinajstić information content (AvgIpc) is 2.38. The van der Waals surface area contributed by atoms with E-state index in [1.165, 1.54) is 18.2 Å². The highest BCUT2D eigenvalue weighted by molar-refractivity contribution is 5.95. The molecule has 0 unspecified atom stereocenters. The van der Waals surface area contributed by atoms with Crippen LogP contribution in [-0.4, -0.2) is 22.1 Å². The molecule has 0 aliphatic carbocycles. The molecular weight excluding hydrogens is 270 g/mol. The quantitative estimate of drug-likeness (QED) is 0.805. The van der Waals surface area contributed by atoms with Gasteiger partial charge in [0.05, 0.1) is 6.42 Å². The predicted molar refractivity (Wildman–Crippen MR) is 78.6 cm³/mol. The van der Waals surface area contributed by atoms with E-state index in [0.717, 1.165) is 11.1 Å². The zero-order chi connectivity index (χ0) is 15.4. The number of aryl methyl sites for hydroxylation is 1. The third-order valence-electron chi connectivity index (χ3n) is 2.96. The van der Waals surface area contributed by atoms with Gasteiger partial charge < -0.3 is 15.5 Å². The number of carboxylic acids is 1. The highest BCUT2D eigenvalue weighted by Gasteiger charge is 2.11. The van der Waals surface area contributed by atoms with Gasteiger partial charge in [-0.15, -0.1) is 0 Å². The molecule has 0 atom stereocenters. The first kappa shape index (κ1) is 14.6. The highest BCUT2D eigenvalue weighted by atomic mass is 16.4. The number of amides is 1. The van der Waals surface area contributed by atoms with Gasteiger partial charge in [0.15, 0.2) is 0 Å². The molecular formula is C16H15NO4. The highest BCUT2D eigenvalue weighted by Crippen LogP contribution is 2.22. The molecule has 0 aromatic heterocycles. The second-order valence-electron chi connectivity index (χ2n) is 4.75. The van der Waals surface area contributed by atoms with Crippen LogP contribution in [0.4, 0.5) is 5.69 Å². The molecule has 0 fully saturated rings. The average molecular weight is 285 g/mol. The Balaban J connectivity index is 2.06. The summed E-state index contributed by atoms with van der Waals surface area (Å²) in [6, 6.07) is 11.5. The molecule has 0 bridgehead atoms. The molecule has 3 N–H and O–H groups in total. The van der Waals surface area contributed by atoms with Crippen LogP contribution in [0.15, 0.2) is 42.5 Å². The first-order valence-electron chi connectivity index (χ1n) is 6.37. The number of carbonyl (C=O) groups is 2. The summed E-state index contributed by atoms with van der Waals surface area (Å²) in [5.74, 6) is -1.83. The summed E-state index contributed by atoms with van der Waals surface area (Å²) < 4.78 is 0. The van der Waals surface area contributed by atoms with Crippen LogP contribution < -0.4 is 5.32 Å². The number of aromatic hydroxyl groups is 1. The van der Waals surface area contributed by atoms with Crippen LogP contribution in [-0.2, 0) is 11.2 Å². The van der Waals surface area contributed by atoms with Crippen molar-refractivity contribution in [3.05, 3.63) is 59.2 Å². The van der Waals surface area contributed by atoms with Crippen LogP contribution in [0.3, 0.4) is 0 Å². The first-order chi connectivity index (χ1) is 9.95. The van der Waals surface area contributed by atoms with E-state index in [2.05, 4.69) is 5.32 Å². The second-order valence-corrected chi connectivity index (χ2v) is 4.75. The molecule has 0 saturated carbocycles. The lowest BCUT2D eigenvalue weighted by Gasteiger charge is -2.07. The fourth-order valence-electron chi connectivity index (χ4n) is 2.00. The number of benzene rings is 2. The summed E-state index contributed by atoms with van der Waals surface area (Å²) in [4.78, 5) is 22.7. The number of rotatable bonds is 4. The summed E-state index contributed by atoms with van der Waals surface area (Å²) in [5.41, 5.74) is 2.12. The predicted octanol–water partition coefficient (Wildman–Crippen LogP) is 2.58. The Hall–Kier alpha value is -2.82. The van der Waals surface area contributed by atoms with Crippen molar-refractivity contribution < 1.29 is 19.8 Å². The number of carbonyl (C=O) groups excluding carboxylic acids is 1. The van der Waals surface area contributed by atoms with Crippen LogP contribution >= 0.6 is 0 Å². The maximum Gasteiger partial charge on any atom is 0.339 e. The Morgan fingerprint density at radius 3 is 2.52 bits per heavy atom. The number of carboxylic acid groups (broad SMARTS) is 1. The summed E-state index contributed by atoms with van der Waals surface area (Å²) in [7, 11) is 0. The molecule has 0 radical (unpaired) electrons. The zero-order valence-electron chi connectivity index (χ0n) is 11.5. The molecule has 0 aliphatic heterocycles. The van der Waals surface area contributed by atoms with Crippen LogP contribution in [0.25, 0.3) is 0 Å². The number of anilines is 1. The fourth-order valence-corrected chi connectivity index (χ4v) is 2.00. The van der Waals surface area contributed by atoms with Crippen molar-refractivity contribution in [2.75, 3.05) is 5.32 Å². The van der Waals surface area contributed by atoms with Crippen LogP contribution in [0.1, 0.15) is 21.5 Å². The molecule has 2 rings (SSSR count). The molecule has 1 amide bonds. The van der Waals surface area contributed by atoms with Gasteiger partial charge in [0.2, 0.25) is 5.91 Å². The Labute approximate surface area is 121 Å². The lowest BCUT2D eigenvalue weighted by molar-refractivity contribution is -0.115. The number of aromatic carboxylic acids is 1. The van der Waals surface area contributed by atoms with E-state index in [1.54, 1.807) is 0 Å². The van der Waals surface area contributed by atoms with Gasteiger partial charge in [-0.3, -0.25) is 4.79 Å².